The van der Waals surface area contributed by atoms with E-state index in [2.05, 4.69) is 16.8 Å². The van der Waals surface area contributed by atoms with Crippen LogP contribution < -0.4 is 5.32 Å². The van der Waals surface area contributed by atoms with E-state index in [4.69, 9.17) is 21.3 Å². The maximum Gasteiger partial charge on any atom is 0.338 e. The Morgan fingerprint density at radius 1 is 1.17 bits per heavy atom. The molecule has 0 radical (unpaired) electrons. The number of anilines is 1. The summed E-state index contributed by atoms with van der Waals surface area (Å²) in [6.45, 7) is 4.45. The molecule has 1 aliphatic rings. The largest absolute Gasteiger partial charge is 0.462 e. The van der Waals surface area contributed by atoms with Crippen LogP contribution in [0.1, 0.15) is 44.7 Å². The number of nitrogens with one attached hydrogen (secondary N) is 1. The minimum atomic E-state index is -0.338. The summed E-state index contributed by atoms with van der Waals surface area (Å²) in [5, 5.41) is 3.95. The number of imidazole rings is 1. The zero-order valence-corrected chi connectivity index (χ0v) is 17.4. The van der Waals surface area contributed by atoms with Crippen LogP contribution >= 0.6 is 11.6 Å². The van der Waals surface area contributed by atoms with Gasteiger partial charge in [0.15, 0.2) is 0 Å². The number of para-hydroxylation sites is 2. The summed E-state index contributed by atoms with van der Waals surface area (Å²) in [6.07, 6.45) is 2.99. The van der Waals surface area contributed by atoms with Gasteiger partial charge in [0.05, 0.1) is 29.3 Å². The van der Waals surface area contributed by atoms with Crippen LogP contribution in [-0.4, -0.2) is 22.1 Å². The van der Waals surface area contributed by atoms with Crippen LogP contribution in [0.3, 0.4) is 0 Å². The molecular formula is C23H24ClN3O2. The fraction of sp³-hybridized carbons (Fsp3) is 0.304. The molecule has 1 atom stereocenters. The number of hydrogen-bond acceptors (Lipinski definition) is 4. The summed E-state index contributed by atoms with van der Waals surface area (Å²) in [5.74, 6) is 0.417. The Balaban J connectivity index is 1.80. The third-order valence-corrected chi connectivity index (χ3v) is 5.47. The van der Waals surface area contributed by atoms with Gasteiger partial charge in [0, 0.05) is 10.7 Å². The maximum absolute atomic E-state index is 13.1. The van der Waals surface area contributed by atoms with E-state index in [0.29, 0.717) is 23.2 Å². The van der Waals surface area contributed by atoms with Crippen LogP contribution in [0.25, 0.3) is 11.0 Å². The lowest BCUT2D eigenvalue weighted by Crippen LogP contribution is -2.29. The molecule has 0 fully saturated rings. The minimum Gasteiger partial charge on any atom is -0.462 e. The molecule has 2 heterocycles. The molecule has 0 aliphatic carbocycles. The third kappa shape index (κ3) is 3.75. The molecule has 4 rings (SSSR count). The Morgan fingerprint density at radius 3 is 2.69 bits per heavy atom. The number of rotatable bonds is 6. The minimum absolute atomic E-state index is 0.297. The summed E-state index contributed by atoms with van der Waals surface area (Å²) >= 11 is 6.12. The zero-order valence-electron chi connectivity index (χ0n) is 16.6. The molecule has 5 nitrogen and oxygen atoms in total. The van der Waals surface area contributed by atoms with Gasteiger partial charge in [0.25, 0.3) is 0 Å². The number of hydrogen-bond donors (Lipinski definition) is 1. The third-order valence-electron chi connectivity index (χ3n) is 5.22. The first kappa shape index (κ1) is 19.5. The molecule has 6 heteroatoms. The van der Waals surface area contributed by atoms with Gasteiger partial charge < -0.3 is 10.1 Å². The molecular weight excluding hydrogens is 386 g/mol. The van der Waals surface area contributed by atoms with E-state index in [9.17, 15) is 4.79 Å². The molecule has 1 aromatic heterocycles. The van der Waals surface area contributed by atoms with Crippen molar-refractivity contribution in [2.75, 3.05) is 11.9 Å². The number of unbranched alkanes of at least 4 members (excludes halogenated alkanes) is 2. The molecule has 0 spiro atoms. The average molecular weight is 410 g/mol. The van der Waals surface area contributed by atoms with Gasteiger partial charge in [-0.1, -0.05) is 55.6 Å². The number of esters is 1. The second kappa shape index (κ2) is 8.29. The predicted molar refractivity (Wildman–Crippen MR) is 116 cm³/mol. The van der Waals surface area contributed by atoms with Crippen LogP contribution in [0.15, 0.2) is 59.8 Å². The maximum atomic E-state index is 13.1. The normalized spacial score (nSPS) is 15.9. The lowest BCUT2D eigenvalue weighted by molar-refractivity contribution is -0.139. The molecule has 150 valence electrons. The van der Waals surface area contributed by atoms with Crippen LogP contribution in [-0.2, 0) is 9.53 Å². The van der Waals surface area contributed by atoms with Crippen molar-refractivity contribution < 1.29 is 9.53 Å². The van der Waals surface area contributed by atoms with Gasteiger partial charge in [0.1, 0.15) is 0 Å². The van der Waals surface area contributed by atoms with Gasteiger partial charge in [0.2, 0.25) is 5.95 Å². The van der Waals surface area contributed by atoms with Crippen molar-refractivity contribution in [3.05, 3.63) is 70.4 Å². The highest BCUT2D eigenvalue weighted by Crippen LogP contribution is 2.39. The van der Waals surface area contributed by atoms with Crippen molar-refractivity contribution in [3.8, 4) is 0 Å². The highest BCUT2D eigenvalue weighted by molar-refractivity contribution is 6.30. The van der Waals surface area contributed by atoms with Crippen LogP contribution in [0.4, 0.5) is 5.95 Å². The molecule has 3 aromatic rings. The number of benzene rings is 2. The Labute approximate surface area is 175 Å². The lowest BCUT2D eigenvalue weighted by atomic mass is 9.95. The standard InChI is InChI=1S/C23H24ClN3O2/c1-3-4-7-14-29-22(28)20-15(2)25-23-26-18-8-5-6-9-19(18)27(23)21(20)16-10-12-17(24)13-11-16/h5-6,8-13,21H,3-4,7,14H2,1-2H3,(H,25,26)/t21-/m0/s1. The summed E-state index contributed by atoms with van der Waals surface area (Å²) in [6, 6.07) is 15.2. The van der Waals surface area contributed by atoms with E-state index in [-0.39, 0.29) is 12.0 Å². The first-order valence-corrected chi connectivity index (χ1v) is 10.3. The average Bonchev–Trinajstić information content (AvgIpc) is 3.08. The second-order valence-electron chi connectivity index (χ2n) is 7.25. The summed E-state index contributed by atoms with van der Waals surface area (Å²) in [5.41, 5.74) is 4.14. The number of carbonyl (C=O) groups is 1. The Morgan fingerprint density at radius 2 is 1.93 bits per heavy atom. The molecule has 0 amide bonds. The molecule has 0 saturated carbocycles. The van der Waals surface area contributed by atoms with Crippen LogP contribution in [0, 0.1) is 0 Å². The monoisotopic (exact) mass is 409 g/mol. The predicted octanol–water partition coefficient (Wildman–Crippen LogP) is 5.71. The highest BCUT2D eigenvalue weighted by atomic mass is 35.5. The number of nitrogens with zero attached hydrogens (tertiary/aromatic N) is 2. The van der Waals surface area contributed by atoms with Crippen molar-refractivity contribution in [1.82, 2.24) is 9.55 Å². The number of carbonyl (C=O) groups excluding carboxylic acids is 1. The number of aromatic nitrogens is 2. The lowest BCUT2D eigenvalue weighted by Gasteiger charge is -2.30. The number of fused-ring (bicyclic) bond motifs is 3. The quantitative estimate of drug-likeness (QED) is 0.418. The summed E-state index contributed by atoms with van der Waals surface area (Å²) in [4.78, 5) is 17.8. The van der Waals surface area contributed by atoms with E-state index in [1.54, 1.807) is 0 Å². The van der Waals surface area contributed by atoms with Crippen molar-refractivity contribution >= 4 is 34.6 Å². The fourth-order valence-electron chi connectivity index (χ4n) is 3.78. The van der Waals surface area contributed by atoms with Gasteiger partial charge in [-0.15, -0.1) is 0 Å². The Hall–Kier alpha value is -2.79. The molecule has 1 N–H and O–H groups in total. The molecule has 2 aromatic carbocycles. The topological polar surface area (TPSA) is 56.1 Å². The van der Waals surface area contributed by atoms with Gasteiger partial charge >= 0.3 is 5.97 Å². The molecule has 0 saturated heterocycles. The first-order chi connectivity index (χ1) is 14.1. The molecule has 1 aliphatic heterocycles. The van der Waals surface area contributed by atoms with Crippen LogP contribution in [0.2, 0.25) is 5.02 Å². The van der Waals surface area contributed by atoms with Gasteiger partial charge in [-0.25, -0.2) is 9.78 Å². The van der Waals surface area contributed by atoms with Crippen molar-refractivity contribution in [3.63, 3.8) is 0 Å². The number of ether oxygens (including phenoxy) is 1. The first-order valence-electron chi connectivity index (χ1n) is 9.97. The van der Waals surface area contributed by atoms with E-state index in [0.717, 1.165) is 41.6 Å². The van der Waals surface area contributed by atoms with Crippen LogP contribution in [0.5, 0.6) is 0 Å². The number of halogens is 1. The summed E-state index contributed by atoms with van der Waals surface area (Å²) < 4.78 is 7.70. The van der Waals surface area contributed by atoms with E-state index < -0.39 is 0 Å². The Kier molecular flexibility index (Phi) is 5.58. The van der Waals surface area contributed by atoms with Gasteiger partial charge in [-0.05, 0) is 43.2 Å². The van der Waals surface area contributed by atoms with E-state index in [1.165, 1.54) is 0 Å². The van der Waals surface area contributed by atoms with Gasteiger partial charge in [-0.2, -0.15) is 0 Å². The smallest absolute Gasteiger partial charge is 0.338 e. The highest BCUT2D eigenvalue weighted by Gasteiger charge is 2.34. The van der Waals surface area contributed by atoms with Crippen molar-refractivity contribution in [1.29, 1.82) is 0 Å². The fourth-order valence-corrected chi connectivity index (χ4v) is 3.91. The Bertz CT molecular complexity index is 1070. The second-order valence-corrected chi connectivity index (χ2v) is 7.69. The molecule has 0 unspecified atom stereocenters. The van der Waals surface area contributed by atoms with E-state index >= 15 is 0 Å². The SMILES string of the molecule is CCCCCOC(=O)C1=C(C)Nc2nc3ccccc3n2[C@H]1c1ccc(Cl)cc1. The van der Waals surface area contributed by atoms with E-state index in [1.807, 2.05) is 55.5 Å². The van der Waals surface area contributed by atoms with Crippen molar-refractivity contribution in [2.24, 2.45) is 0 Å². The zero-order chi connectivity index (χ0) is 20.4. The molecule has 29 heavy (non-hydrogen) atoms. The summed E-state index contributed by atoms with van der Waals surface area (Å²) in [7, 11) is 0. The van der Waals surface area contributed by atoms with Crippen molar-refractivity contribution in [2.45, 2.75) is 39.2 Å². The molecule has 0 bridgehead atoms. The number of allylic oxidation sites excluding steroid dienone is 1. The van der Waals surface area contributed by atoms with Gasteiger partial charge in [-0.3, -0.25) is 4.57 Å².